The maximum Gasteiger partial charge on any atom is 0.472 e. The molecule has 3 N–H and O–H groups in total. The lowest BCUT2D eigenvalue weighted by atomic mass is 10.0. The van der Waals surface area contributed by atoms with Gasteiger partial charge < -0.3 is 24.6 Å². The van der Waals surface area contributed by atoms with Crippen LogP contribution in [-0.2, 0) is 32.7 Å². The summed E-state index contributed by atoms with van der Waals surface area (Å²) in [5, 5.41) is 18.3. The van der Waals surface area contributed by atoms with Gasteiger partial charge in [-0.2, -0.15) is 0 Å². The number of unbranched alkanes of at least 4 members (excludes halogenated alkanes) is 15. The predicted octanol–water partition coefficient (Wildman–Crippen LogP) is 11.1. The van der Waals surface area contributed by atoms with Gasteiger partial charge in [0.25, 0.3) is 0 Å². The Morgan fingerprint density at radius 3 is 1.51 bits per heavy atom. The molecule has 318 valence electrons. The molecule has 0 radical (unpaired) electrons. The lowest BCUT2D eigenvalue weighted by Gasteiger charge is -2.20. The van der Waals surface area contributed by atoms with Crippen molar-refractivity contribution in [3.8, 4) is 0 Å². The van der Waals surface area contributed by atoms with Gasteiger partial charge in [-0.15, -0.1) is 0 Å². The van der Waals surface area contributed by atoms with E-state index in [1.54, 1.807) is 0 Å². The number of hydrogen-bond donors (Lipinski definition) is 3. The maximum atomic E-state index is 12.6. The molecule has 0 spiro atoms. The van der Waals surface area contributed by atoms with Gasteiger partial charge in [0.2, 0.25) is 0 Å². The first-order chi connectivity index (χ1) is 26.7. The van der Waals surface area contributed by atoms with E-state index in [2.05, 4.69) is 79.1 Å². The Kier molecular flexibility index (Phi) is 38.2. The SMILES string of the molecule is CCC=CCC=CCC=CCC=CCC=CCCCCCC(=O)O[C@H](COC(=O)CCCCCCCCCCCCCCC)COP(=O)(O)OC[C@@H](O)CO. The molecule has 11 heteroatoms. The minimum atomic E-state index is -4.63. The fraction of sp³-hybridized carbons (Fsp3) is 0.727. The van der Waals surface area contributed by atoms with Crippen LogP contribution in [-0.4, -0.2) is 65.7 Å². The second kappa shape index (κ2) is 39.9. The van der Waals surface area contributed by atoms with Crippen LogP contribution in [0, 0.1) is 0 Å². The highest BCUT2D eigenvalue weighted by molar-refractivity contribution is 7.47. The number of ether oxygens (including phenoxy) is 2. The van der Waals surface area contributed by atoms with Crippen molar-refractivity contribution in [2.24, 2.45) is 0 Å². The number of aliphatic hydroxyl groups excluding tert-OH is 2. The monoisotopic (exact) mass is 797 g/mol. The summed E-state index contributed by atoms with van der Waals surface area (Å²) < 4.78 is 32.7. The van der Waals surface area contributed by atoms with Crippen LogP contribution in [0.3, 0.4) is 0 Å². The van der Waals surface area contributed by atoms with Gasteiger partial charge in [-0.1, -0.05) is 158 Å². The van der Waals surface area contributed by atoms with Gasteiger partial charge in [-0.25, -0.2) is 4.57 Å². The Balaban J connectivity index is 4.38. The van der Waals surface area contributed by atoms with Crippen molar-refractivity contribution in [1.82, 2.24) is 0 Å². The smallest absolute Gasteiger partial charge is 0.462 e. The number of carbonyl (C=O) groups is 2. The van der Waals surface area contributed by atoms with Crippen molar-refractivity contribution >= 4 is 19.8 Å². The highest BCUT2D eigenvalue weighted by Crippen LogP contribution is 2.43. The number of phosphoric ester groups is 1. The van der Waals surface area contributed by atoms with Crippen LogP contribution in [0.25, 0.3) is 0 Å². The molecule has 0 aromatic rings. The van der Waals surface area contributed by atoms with Crippen LogP contribution in [0.2, 0.25) is 0 Å². The highest BCUT2D eigenvalue weighted by atomic mass is 31.2. The minimum Gasteiger partial charge on any atom is -0.462 e. The summed E-state index contributed by atoms with van der Waals surface area (Å²) in [6.07, 6.45) is 43.3. The second-order valence-corrected chi connectivity index (χ2v) is 15.4. The van der Waals surface area contributed by atoms with E-state index in [0.717, 1.165) is 70.6 Å². The Morgan fingerprint density at radius 1 is 0.564 bits per heavy atom. The molecule has 10 nitrogen and oxygen atoms in total. The summed E-state index contributed by atoms with van der Waals surface area (Å²) in [7, 11) is -4.63. The van der Waals surface area contributed by atoms with Gasteiger partial charge in [0.15, 0.2) is 6.10 Å². The van der Waals surface area contributed by atoms with E-state index < -0.39 is 51.8 Å². The zero-order valence-corrected chi connectivity index (χ0v) is 35.3. The summed E-state index contributed by atoms with van der Waals surface area (Å²) in [6.45, 7) is 2.22. The number of rotatable bonds is 39. The molecule has 0 aromatic carbocycles. The summed E-state index contributed by atoms with van der Waals surface area (Å²) >= 11 is 0. The normalized spacial score (nSPS) is 14.5. The predicted molar refractivity (Wildman–Crippen MR) is 224 cm³/mol. The fourth-order valence-electron chi connectivity index (χ4n) is 5.43. The lowest BCUT2D eigenvalue weighted by Crippen LogP contribution is -2.29. The molecule has 0 aromatic heterocycles. The Morgan fingerprint density at radius 2 is 1.00 bits per heavy atom. The van der Waals surface area contributed by atoms with Crippen molar-refractivity contribution in [3.05, 3.63) is 60.8 Å². The van der Waals surface area contributed by atoms with E-state index in [1.165, 1.54) is 57.8 Å². The van der Waals surface area contributed by atoms with Gasteiger partial charge in [-0.3, -0.25) is 18.6 Å². The number of phosphoric acid groups is 1. The van der Waals surface area contributed by atoms with Crippen molar-refractivity contribution in [2.75, 3.05) is 26.4 Å². The van der Waals surface area contributed by atoms with Crippen molar-refractivity contribution in [1.29, 1.82) is 0 Å². The summed E-state index contributed by atoms with van der Waals surface area (Å²) in [6, 6.07) is 0. The topological polar surface area (TPSA) is 149 Å². The quantitative estimate of drug-likeness (QED) is 0.0237. The molecule has 0 rings (SSSR count). The average molecular weight is 797 g/mol. The van der Waals surface area contributed by atoms with Gasteiger partial charge in [0.1, 0.15) is 12.7 Å². The van der Waals surface area contributed by atoms with Gasteiger partial charge in [0, 0.05) is 12.8 Å². The average Bonchev–Trinajstić information content (AvgIpc) is 3.17. The summed E-state index contributed by atoms with van der Waals surface area (Å²) in [4.78, 5) is 34.9. The van der Waals surface area contributed by atoms with Crippen LogP contribution in [0.1, 0.15) is 168 Å². The summed E-state index contributed by atoms with van der Waals surface area (Å²) in [5.74, 6) is -0.964. The second-order valence-electron chi connectivity index (χ2n) is 14.0. The summed E-state index contributed by atoms with van der Waals surface area (Å²) in [5.41, 5.74) is 0. The molecule has 0 bridgehead atoms. The first-order valence-electron chi connectivity index (χ1n) is 21.2. The zero-order valence-electron chi connectivity index (χ0n) is 34.4. The largest absolute Gasteiger partial charge is 0.472 e. The third-order valence-electron chi connectivity index (χ3n) is 8.69. The first kappa shape index (κ1) is 52.7. The van der Waals surface area contributed by atoms with Crippen molar-refractivity contribution < 1.29 is 47.8 Å². The molecule has 0 amide bonds. The van der Waals surface area contributed by atoms with Crippen LogP contribution in [0.15, 0.2) is 60.8 Å². The number of carbonyl (C=O) groups excluding carboxylic acids is 2. The number of allylic oxidation sites excluding steroid dienone is 10. The van der Waals surface area contributed by atoms with E-state index in [0.29, 0.717) is 12.8 Å². The van der Waals surface area contributed by atoms with Gasteiger partial charge in [0.05, 0.1) is 19.8 Å². The molecular weight excluding hydrogens is 719 g/mol. The van der Waals surface area contributed by atoms with E-state index >= 15 is 0 Å². The van der Waals surface area contributed by atoms with Crippen molar-refractivity contribution in [2.45, 2.75) is 180 Å². The van der Waals surface area contributed by atoms with E-state index in [1.807, 2.05) is 0 Å². The Labute approximate surface area is 334 Å². The first-order valence-corrected chi connectivity index (χ1v) is 22.7. The van der Waals surface area contributed by atoms with Crippen LogP contribution in [0.5, 0.6) is 0 Å². The molecule has 0 saturated carbocycles. The standard InChI is InChI=1S/C44H77O10P/c1-3-5-7-9-11-13-15-17-18-19-20-21-22-24-26-28-30-32-34-36-44(48)54-42(40-53-55(49,50)52-38-41(46)37-45)39-51-43(47)35-33-31-29-27-25-23-16-14-12-10-8-6-4-2/h5,7,11,13,17-18,20-21,24,26,41-42,45-46H,3-4,6,8-10,12,14-16,19,22-23,25,27-40H2,1-2H3,(H,49,50)/t41-,42+/m0/s1. The van der Waals surface area contributed by atoms with Crippen LogP contribution >= 0.6 is 7.82 Å². The molecule has 0 aliphatic heterocycles. The minimum absolute atomic E-state index is 0.144. The maximum absolute atomic E-state index is 12.6. The zero-order chi connectivity index (χ0) is 40.5. The number of aliphatic hydroxyl groups is 2. The molecule has 1 unspecified atom stereocenters. The van der Waals surface area contributed by atoms with E-state index in [9.17, 15) is 24.2 Å². The van der Waals surface area contributed by atoms with Crippen molar-refractivity contribution in [3.63, 3.8) is 0 Å². The number of hydrogen-bond acceptors (Lipinski definition) is 9. The molecule has 0 heterocycles. The third kappa shape index (κ3) is 39.7. The third-order valence-corrected chi connectivity index (χ3v) is 9.64. The molecular formula is C44H77O10P. The van der Waals surface area contributed by atoms with E-state index in [-0.39, 0.29) is 19.4 Å². The van der Waals surface area contributed by atoms with Gasteiger partial charge in [-0.05, 0) is 57.8 Å². The van der Waals surface area contributed by atoms with Crippen LogP contribution < -0.4 is 0 Å². The lowest BCUT2D eigenvalue weighted by molar-refractivity contribution is -0.161. The van der Waals surface area contributed by atoms with Gasteiger partial charge >= 0.3 is 19.8 Å². The van der Waals surface area contributed by atoms with E-state index in [4.69, 9.17) is 19.1 Å². The molecule has 55 heavy (non-hydrogen) atoms. The number of esters is 2. The fourth-order valence-corrected chi connectivity index (χ4v) is 6.22. The molecule has 0 saturated heterocycles. The highest BCUT2D eigenvalue weighted by Gasteiger charge is 2.27. The van der Waals surface area contributed by atoms with Crippen LogP contribution in [0.4, 0.5) is 0 Å². The molecule has 0 aliphatic rings. The molecule has 0 aliphatic carbocycles. The Bertz CT molecular complexity index is 1100. The molecule has 3 atom stereocenters. The Hall–Kier alpha value is -2.33. The molecule has 0 fully saturated rings.